The van der Waals surface area contributed by atoms with Gasteiger partial charge in [-0.25, -0.2) is 0 Å². The summed E-state index contributed by atoms with van der Waals surface area (Å²) in [6.07, 6.45) is 4.03. The second kappa shape index (κ2) is 6.15. The SMILES string of the molecule is CCC1CCC(CN)(C(O)c2ccc(N(C)C)cc2)C1. The number of benzene rings is 1. The Bertz CT molecular complexity index is 429. The van der Waals surface area contributed by atoms with Gasteiger partial charge in [0.15, 0.2) is 0 Å². The van der Waals surface area contributed by atoms with Crippen molar-refractivity contribution < 1.29 is 5.11 Å². The smallest absolute Gasteiger partial charge is 0.0858 e. The molecule has 112 valence electrons. The third-order valence-corrected chi connectivity index (χ3v) is 5.03. The molecule has 0 spiro atoms. The van der Waals surface area contributed by atoms with Crippen molar-refractivity contribution in [2.24, 2.45) is 17.1 Å². The minimum absolute atomic E-state index is 0.125. The van der Waals surface area contributed by atoms with Gasteiger partial charge < -0.3 is 15.7 Å². The molecular formula is C17H28N2O. The van der Waals surface area contributed by atoms with E-state index < -0.39 is 6.10 Å². The fourth-order valence-corrected chi connectivity index (χ4v) is 3.47. The molecule has 3 N–H and O–H groups in total. The van der Waals surface area contributed by atoms with E-state index in [1.165, 1.54) is 12.8 Å². The van der Waals surface area contributed by atoms with Gasteiger partial charge in [-0.05, 0) is 42.9 Å². The van der Waals surface area contributed by atoms with Crippen LogP contribution in [0.4, 0.5) is 5.69 Å². The Morgan fingerprint density at radius 3 is 2.45 bits per heavy atom. The van der Waals surface area contributed by atoms with Crippen molar-refractivity contribution in [2.75, 3.05) is 25.5 Å². The van der Waals surface area contributed by atoms with Gasteiger partial charge in [0.2, 0.25) is 0 Å². The maximum Gasteiger partial charge on any atom is 0.0858 e. The number of hydrogen-bond donors (Lipinski definition) is 2. The predicted octanol–water partition coefficient (Wildman–Crippen LogP) is 2.94. The molecule has 20 heavy (non-hydrogen) atoms. The number of anilines is 1. The zero-order valence-corrected chi connectivity index (χ0v) is 13.0. The van der Waals surface area contributed by atoms with Crippen LogP contribution in [0.1, 0.15) is 44.3 Å². The molecule has 0 bridgehead atoms. The lowest BCUT2D eigenvalue weighted by molar-refractivity contribution is 0.0301. The lowest BCUT2D eigenvalue weighted by Crippen LogP contribution is -2.34. The van der Waals surface area contributed by atoms with Crippen molar-refractivity contribution in [3.05, 3.63) is 29.8 Å². The summed E-state index contributed by atoms with van der Waals surface area (Å²) in [5.41, 5.74) is 8.06. The van der Waals surface area contributed by atoms with E-state index in [2.05, 4.69) is 24.0 Å². The van der Waals surface area contributed by atoms with Gasteiger partial charge in [0.25, 0.3) is 0 Å². The molecule has 1 fully saturated rings. The molecule has 1 aromatic carbocycles. The zero-order valence-electron chi connectivity index (χ0n) is 13.0. The van der Waals surface area contributed by atoms with Gasteiger partial charge in [0, 0.05) is 31.7 Å². The Labute approximate surface area is 122 Å². The number of rotatable bonds is 5. The molecule has 2 rings (SSSR count). The Kier molecular flexibility index (Phi) is 4.71. The lowest BCUT2D eigenvalue weighted by atomic mass is 9.76. The van der Waals surface area contributed by atoms with Crippen LogP contribution in [0.2, 0.25) is 0 Å². The van der Waals surface area contributed by atoms with Gasteiger partial charge in [0.05, 0.1) is 6.10 Å². The van der Waals surface area contributed by atoms with E-state index in [0.717, 1.165) is 24.1 Å². The molecule has 0 heterocycles. The second-order valence-corrected chi connectivity index (χ2v) is 6.47. The molecule has 0 radical (unpaired) electrons. The molecule has 3 unspecified atom stereocenters. The topological polar surface area (TPSA) is 49.5 Å². The average molecular weight is 276 g/mol. The fraction of sp³-hybridized carbons (Fsp3) is 0.647. The summed E-state index contributed by atoms with van der Waals surface area (Å²) in [6.45, 7) is 2.80. The molecular weight excluding hydrogens is 248 g/mol. The van der Waals surface area contributed by atoms with Crippen molar-refractivity contribution in [3.63, 3.8) is 0 Å². The summed E-state index contributed by atoms with van der Waals surface area (Å²) < 4.78 is 0. The Balaban J connectivity index is 2.18. The van der Waals surface area contributed by atoms with Gasteiger partial charge in [0.1, 0.15) is 0 Å². The van der Waals surface area contributed by atoms with Crippen LogP contribution in [0.15, 0.2) is 24.3 Å². The highest BCUT2D eigenvalue weighted by Crippen LogP contribution is 2.50. The number of hydrogen-bond acceptors (Lipinski definition) is 3. The third-order valence-electron chi connectivity index (χ3n) is 5.03. The van der Waals surface area contributed by atoms with Crippen molar-refractivity contribution >= 4 is 5.69 Å². The molecule has 1 saturated carbocycles. The zero-order chi connectivity index (χ0) is 14.8. The van der Waals surface area contributed by atoms with Crippen LogP contribution in [0.5, 0.6) is 0 Å². The molecule has 1 aliphatic carbocycles. The number of nitrogens with two attached hydrogens (primary N) is 1. The third kappa shape index (κ3) is 2.84. The quantitative estimate of drug-likeness (QED) is 0.869. The highest BCUT2D eigenvalue weighted by atomic mass is 16.3. The summed E-state index contributed by atoms with van der Waals surface area (Å²) in [4.78, 5) is 2.07. The summed E-state index contributed by atoms with van der Waals surface area (Å²) in [5.74, 6) is 0.717. The van der Waals surface area contributed by atoms with E-state index in [4.69, 9.17) is 5.73 Å². The van der Waals surface area contributed by atoms with E-state index in [9.17, 15) is 5.11 Å². The molecule has 0 saturated heterocycles. The van der Waals surface area contributed by atoms with E-state index in [1.807, 2.05) is 26.2 Å². The Morgan fingerprint density at radius 2 is 2.00 bits per heavy atom. The molecule has 3 heteroatoms. The fourth-order valence-electron chi connectivity index (χ4n) is 3.47. The number of aliphatic hydroxyl groups is 1. The highest BCUT2D eigenvalue weighted by molar-refractivity contribution is 5.46. The van der Waals surface area contributed by atoms with Crippen molar-refractivity contribution in [3.8, 4) is 0 Å². The van der Waals surface area contributed by atoms with Crippen LogP contribution in [0, 0.1) is 11.3 Å². The van der Waals surface area contributed by atoms with E-state index in [0.29, 0.717) is 12.5 Å². The van der Waals surface area contributed by atoms with Crippen molar-refractivity contribution in [1.82, 2.24) is 0 Å². The second-order valence-electron chi connectivity index (χ2n) is 6.47. The minimum atomic E-state index is -0.444. The van der Waals surface area contributed by atoms with Crippen molar-refractivity contribution in [2.45, 2.75) is 38.7 Å². The monoisotopic (exact) mass is 276 g/mol. The van der Waals surface area contributed by atoms with E-state index in [-0.39, 0.29) is 5.41 Å². The lowest BCUT2D eigenvalue weighted by Gasteiger charge is -2.34. The summed E-state index contributed by atoms with van der Waals surface area (Å²) in [5, 5.41) is 10.8. The molecule has 0 amide bonds. The van der Waals surface area contributed by atoms with Gasteiger partial charge in [-0.15, -0.1) is 0 Å². The maximum absolute atomic E-state index is 10.8. The predicted molar refractivity (Wildman–Crippen MR) is 84.8 cm³/mol. The van der Waals surface area contributed by atoms with Gasteiger partial charge in [-0.3, -0.25) is 0 Å². The number of aliphatic hydroxyl groups excluding tert-OH is 1. The van der Waals surface area contributed by atoms with Crippen LogP contribution >= 0.6 is 0 Å². The van der Waals surface area contributed by atoms with Crippen molar-refractivity contribution in [1.29, 1.82) is 0 Å². The van der Waals surface area contributed by atoms with Gasteiger partial charge >= 0.3 is 0 Å². The molecule has 0 aliphatic heterocycles. The molecule has 3 nitrogen and oxygen atoms in total. The first-order chi connectivity index (χ1) is 9.52. The molecule has 3 atom stereocenters. The molecule has 1 aliphatic rings. The maximum atomic E-state index is 10.8. The first-order valence-corrected chi connectivity index (χ1v) is 7.68. The minimum Gasteiger partial charge on any atom is -0.388 e. The van der Waals surface area contributed by atoms with E-state index in [1.54, 1.807) is 0 Å². The molecule has 0 aromatic heterocycles. The summed E-state index contributed by atoms with van der Waals surface area (Å²) >= 11 is 0. The summed E-state index contributed by atoms with van der Waals surface area (Å²) in [6, 6.07) is 8.21. The normalized spacial score (nSPS) is 27.6. The van der Waals surface area contributed by atoms with Gasteiger partial charge in [-0.2, -0.15) is 0 Å². The first kappa shape index (κ1) is 15.3. The van der Waals surface area contributed by atoms with E-state index >= 15 is 0 Å². The molecule has 1 aromatic rings. The highest BCUT2D eigenvalue weighted by Gasteiger charge is 2.43. The summed E-state index contributed by atoms with van der Waals surface area (Å²) in [7, 11) is 4.05. The van der Waals surface area contributed by atoms with Crippen LogP contribution < -0.4 is 10.6 Å². The van der Waals surface area contributed by atoms with Crippen LogP contribution in [-0.4, -0.2) is 25.7 Å². The average Bonchev–Trinajstić information content (AvgIpc) is 2.91. The van der Waals surface area contributed by atoms with Crippen LogP contribution in [0.3, 0.4) is 0 Å². The first-order valence-electron chi connectivity index (χ1n) is 7.68. The van der Waals surface area contributed by atoms with Gasteiger partial charge in [-0.1, -0.05) is 25.5 Å². The Hall–Kier alpha value is -1.06. The standard InChI is InChI=1S/C17H28N2O/c1-4-13-9-10-17(11-13,12-18)16(20)14-5-7-15(8-6-14)19(2)3/h5-8,13,16,20H,4,9-12,18H2,1-3H3. The van der Waals surface area contributed by atoms with Crippen LogP contribution in [-0.2, 0) is 0 Å². The largest absolute Gasteiger partial charge is 0.388 e. The Morgan fingerprint density at radius 1 is 1.35 bits per heavy atom. The number of nitrogens with zero attached hydrogens (tertiary/aromatic N) is 1. The van der Waals surface area contributed by atoms with Crippen LogP contribution in [0.25, 0.3) is 0 Å².